The quantitative estimate of drug-likeness (QED) is 0.303. The van der Waals surface area contributed by atoms with Crippen molar-refractivity contribution in [3.63, 3.8) is 0 Å². The molecule has 2 heterocycles. The largest absolute Gasteiger partial charge is 0.495 e. The Labute approximate surface area is 208 Å². The van der Waals surface area contributed by atoms with Crippen LogP contribution in [0.1, 0.15) is 30.7 Å². The number of fused-ring (bicyclic) bond motifs is 1. The van der Waals surface area contributed by atoms with Crippen LogP contribution in [0.3, 0.4) is 0 Å². The van der Waals surface area contributed by atoms with Crippen molar-refractivity contribution in [1.29, 1.82) is 0 Å². The molecule has 1 aliphatic heterocycles. The van der Waals surface area contributed by atoms with Crippen LogP contribution in [0.25, 0.3) is 22.2 Å². The van der Waals surface area contributed by atoms with Gasteiger partial charge in [0.25, 0.3) is 0 Å². The van der Waals surface area contributed by atoms with E-state index in [1.54, 1.807) is 33.1 Å². The highest BCUT2D eigenvalue weighted by atomic mass is 35.5. The summed E-state index contributed by atoms with van der Waals surface area (Å²) >= 11 is 6.34. The van der Waals surface area contributed by atoms with Gasteiger partial charge in [0.15, 0.2) is 5.60 Å². The number of rotatable bonds is 6. The topological polar surface area (TPSA) is 57.7 Å². The van der Waals surface area contributed by atoms with Gasteiger partial charge >= 0.3 is 0 Å². The fourth-order valence-corrected chi connectivity index (χ4v) is 4.35. The molecule has 0 aliphatic carbocycles. The lowest BCUT2D eigenvalue weighted by Crippen LogP contribution is -2.29. The summed E-state index contributed by atoms with van der Waals surface area (Å²) in [6.45, 7) is 3.88. The Morgan fingerprint density at radius 1 is 0.943 bits per heavy atom. The summed E-state index contributed by atoms with van der Waals surface area (Å²) in [4.78, 5) is 17.9. The third-order valence-electron chi connectivity index (χ3n) is 5.96. The molecular formula is C29H24ClNO4. The van der Waals surface area contributed by atoms with Gasteiger partial charge < -0.3 is 14.2 Å². The Bertz CT molecular complexity index is 1460. The Morgan fingerprint density at radius 3 is 2.43 bits per heavy atom. The molecule has 1 aromatic heterocycles. The fourth-order valence-electron chi connectivity index (χ4n) is 4.09. The second kappa shape index (κ2) is 9.08. The average molecular weight is 486 g/mol. The number of hydrogen-bond donors (Lipinski definition) is 0. The molecule has 5 nitrogen and oxygen atoms in total. The molecule has 4 aromatic rings. The Balaban J connectivity index is 1.41. The van der Waals surface area contributed by atoms with Crippen LogP contribution in [0.5, 0.6) is 11.5 Å². The summed E-state index contributed by atoms with van der Waals surface area (Å²) in [7, 11) is 1.56. The Hall–Kier alpha value is -3.83. The van der Waals surface area contributed by atoms with Crippen molar-refractivity contribution in [2.24, 2.45) is 0 Å². The number of benzene rings is 3. The molecule has 0 radical (unpaired) electrons. The predicted molar refractivity (Wildman–Crippen MR) is 138 cm³/mol. The highest BCUT2D eigenvalue weighted by Gasteiger charge is 2.42. The van der Waals surface area contributed by atoms with E-state index in [4.69, 9.17) is 25.8 Å². The number of halogens is 1. The van der Waals surface area contributed by atoms with Crippen molar-refractivity contribution in [2.75, 3.05) is 7.11 Å². The molecule has 0 unspecified atom stereocenters. The molecule has 0 amide bonds. The molecule has 35 heavy (non-hydrogen) atoms. The first kappa shape index (κ1) is 22.9. The van der Waals surface area contributed by atoms with Gasteiger partial charge in [-0.3, -0.25) is 4.79 Å². The fraction of sp³-hybridized carbons (Fsp3) is 0.172. The molecule has 0 fully saturated rings. The van der Waals surface area contributed by atoms with Crippen molar-refractivity contribution in [2.45, 2.75) is 26.1 Å². The number of hydrogen-bond acceptors (Lipinski definition) is 5. The second-order valence-corrected chi connectivity index (χ2v) is 9.21. The first-order chi connectivity index (χ1) is 16.9. The summed E-state index contributed by atoms with van der Waals surface area (Å²) in [5.41, 5.74) is 2.78. The van der Waals surface area contributed by atoms with E-state index in [-0.39, 0.29) is 5.78 Å². The maximum Gasteiger partial charge on any atom is 0.210 e. The highest BCUT2D eigenvalue weighted by molar-refractivity contribution is 6.34. The maximum atomic E-state index is 13.2. The van der Waals surface area contributed by atoms with Gasteiger partial charge in [-0.1, -0.05) is 48.0 Å². The number of ether oxygens (including phenoxy) is 3. The van der Waals surface area contributed by atoms with Gasteiger partial charge in [0.05, 0.1) is 28.9 Å². The van der Waals surface area contributed by atoms with Gasteiger partial charge in [-0.15, -0.1) is 0 Å². The smallest absolute Gasteiger partial charge is 0.210 e. The van der Waals surface area contributed by atoms with Gasteiger partial charge in [-0.05, 0) is 61.9 Å². The van der Waals surface area contributed by atoms with Gasteiger partial charge in [-0.25, -0.2) is 4.98 Å². The SMILES string of the molecule is COc1ccc(C2=C(c3ccc(OCc4ccc5ccccc5n4)cc3)C(=O)C(C)(C)O2)cc1Cl. The number of pyridine rings is 1. The van der Waals surface area contributed by atoms with Crippen molar-refractivity contribution in [3.05, 3.63) is 101 Å². The number of Topliss-reactive ketones (excluding diaryl/α,β-unsaturated/α-hetero) is 1. The number of para-hydroxylation sites is 1. The number of carbonyl (C=O) groups excluding carboxylic acids is 1. The van der Waals surface area contributed by atoms with E-state index in [9.17, 15) is 4.79 Å². The Morgan fingerprint density at radius 2 is 1.69 bits per heavy atom. The molecular weight excluding hydrogens is 462 g/mol. The number of nitrogens with zero attached hydrogens (tertiary/aromatic N) is 1. The van der Waals surface area contributed by atoms with Crippen LogP contribution in [0, 0.1) is 0 Å². The lowest BCUT2D eigenvalue weighted by molar-refractivity contribution is -0.125. The normalized spacial score (nSPS) is 14.8. The summed E-state index contributed by atoms with van der Waals surface area (Å²) in [5, 5.41) is 1.54. The monoisotopic (exact) mass is 485 g/mol. The molecule has 176 valence electrons. The van der Waals surface area contributed by atoms with Crippen LogP contribution in [0.4, 0.5) is 0 Å². The van der Waals surface area contributed by atoms with E-state index >= 15 is 0 Å². The minimum atomic E-state index is -0.978. The molecule has 0 bridgehead atoms. The highest BCUT2D eigenvalue weighted by Crippen LogP contribution is 2.42. The van der Waals surface area contributed by atoms with Crippen LogP contribution < -0.4 is 9.47 Å². The third-order valence-corrected chi connectivity index (χ3v) is 6.25. The van der Waals surface area contributed by atoms with Crippen molar-refractivity contribution in [3.8, 4) is 11.5 Å². The van der Waals surface area contributed by atoms with Crippen molar-refractivity contribution >= 4 is 39.6 Å². The van der Waals surface area contributed by atoms with E-state index in [2.05, 4.69) is 4.98 Å². The minimum absolute atomic E-state index is 0.0894. The van der Waals surface area contributed by atoms with E-state index in [0.717, 1.165) is 22.2 Å². The lowest BCUT2D eigenvalue weighted by Gasteiger charge is -2.18. The maximum absolute atomic E-state index is 13.2. The van der Waals surface area contributed by atoms with Crippen LogP contribution in [0.15, 0.2) is 78.9 Å². The molecule has 5 rings (SSSR count). The third kappa shape index (κ3) is 4.47. The standard InChI is InChI=1S/C29H24ClNO4/c1-29(2)28(32)26(27(35-29)20-11-15-25(33-3)23(30)16-20)19-9-13-22(14-10-19)34-17-21-12-8-18-6-4-5-7-24(18)31-21/h4-16H,17H2,1-3H3. The summed E-state index contributed by atoms with van der Waals surface area (Å²) in [6, 6.07) is 24.8. The minimum Gasteiger partial charge on any atom is -0.495 e. The average Bonchev–Trinajstić information content (AvgIpc) is 3.11. The van der Waals surface area contributed by atoms with Crippen LogP contribution in [-0.2, 0) is 16.1 Å². The molecule has 1 aliphatic rings. The van der Waals surface area contributed by atoms with Crippen molar-refractivity contribution in [1.82, 2.24) is 4.98 Å². The molecule has 0 saturated heterocycles. The zero-order valence-corrected chi connectivity index (χ0v) is 20.4. The van der Waals surface area contributed by atoms with Crippen LogP contribution in [0.2, 0.25) is 5.02 Å². The van der Waals surface area contributed by atoms with E-state index < -0.39 is 5.60 Å². The second-order valence-electron chi connectivity index (χ2n) is 8.80. The zero-order valence-electron chi connectivity index (χ0n) is 19.7. The van der Waals surface area contributed by atoms with Crippen molar-refractivity contribution < 1.29 is 19.0 Å². The van der Waals surface area contributed by atoms with E-state index in [1.165, 1.54) is 0 Å². The molecule has 6 heteroatoms. The number of carbonyl (C=O) groups is 1. The van der Waals surface area contributed by atoms with E-state index in [1.807, 2.05) is 66.7 Å². The summed E-state index contributed by atoms with van der Waals surface area (Å²) in [6.07, 6.45) is 0. The summed E-state index contributed by atoms with van der Waals surface area (Å²) in [5.74, 6) is 1.65. The van der Waals surface area contributed by atoms with Gasteiger partial charge in [0.1, 0.15) is 23.9 Å². The number of aromatic nitrogens is 1. The predicted octanol–water partition coefficient (Wildman–Crippen LogP) is 6.72. The molecule has 0 saturated carbocycles. The first-order valence-corrected chi connectivity index (χ1v) is 11.6. The number of methoxy groups -OCH3 is 1. The molecule has 0 N–H and O–H groups in total. The van der Waals surface area contributed by atoms with E-state index in [0.29, 0.717) is 40.0 Å². The van der Waals surface area contributed by atoms with Crippen LogP contribution in [-0.4, -0.2) is 23.5 Å². The molecule has 0 spiro atoms. The summed E-state index contributed by atoms with van der Waals surface area (Å²) < 4.78 is 17.3. The lowest BCUT2D eigenvalue weighted by atomic mass is 9.92. The zero-order chi connectivity index (χ0) is 24.6. The molecule has 0 atom stereocenters. The first-order valence-electron chi connectivity index (χ1n) is 11.3. The number of ketones is 1. The van der Waals surface area contributed by atoms with Gasteiger partial charge in [-0.2, -0.15) is 0 Å². The molecule has 3 aromatic carbocycles. The van der Waals surface area contributed by atoms with Gasteiger partial charge in [0.2, 0.25) is 5.78 Å². The Kier molecular flexibility index (Phi) is 5.95. The van der Waals surface area contributed by atoms with Gasteiger partial charge in [0, 0.05) is 10.9 Å². The van der Waals surface area contributed by atoms with Crippen LogP contribution >= 0.6 is 11.6 Å².